The molecule has 2 rings (SSSR count). The number of aromatic carboxylic acids is 1. The third-order valence-electron chi connectivity index (χ3n) is 3.41. The maximum atomic E-state index is 12.6. The molecule has 4 nitrogen and oxygen atoms in total. The predicted octanol–water partition coefficient (Wildman–Crippen LogP) is 4.97. The number of hydrogen-bond donors (Lipinski definition) is 1. The molecule has 0 saturated carbocycles. The number of carboxylic acids is 1. The Hall–Kier alpha value is -2.91. The van der Waals surface area contributed by atoms with E-state index in [1.165, 1.54) is 30.3 Å². The lowest BCUT2D eigenvalue weighted by Gasteiger charge is -2.16. The Morgan fingerprint density at radius 3 is 1.96 bits per heavy atom. The van der Waals surface area contributed by atoms with E-state index in [0.717, 1.165) is 12.1 Å². The van der Waals surface area contributed by atoms with Crippen molar-refractivity contribution < 1.29 is 45.7 Å². The van der Waals surface area contributed by atoms with Crippen molar-refractivity contribution >= 4 is 5.97 Å². The van der Waals surface area contributed by atoms with Gasteiger partial charge in [0, 0.05) is 0 Å². The summed E-state index contributed by atoms with van der Waals surface area (Å²) >= 11 is 0. The average molecular weight is 394 g/mol. The summed E-state index contributed by atoms with van der Waals surface area (Å²) in [6.45, 7) is 0. The molecule has 146 valence electrons. The van der Waals surface area contributed by atoms with Gasteiger partial charge >= 0.3 is 18.7 Å². The number of aryl methyl sites for hydroxylation is 2. The Labute approximate surface area is 148 Å². The van der Waals surface area contributed by atoms with Gasteiger partial charge in [0.1, 0.15) is 17.1 Å². The highest BCUT2D eigenvalue weighted by Gasteiger charge is 2.34. The first-order chi connectivity index (χ1) is 12.5. The second-order valence-electron chi connectivity index (χ2n) is 5.30. The van der Waals surface area contributed by atoms with Crippen LogP contribution in [0.1, 0.15) is 21.5 Å². The molecule has 0 fully saturated rings. The van der Waals surface area contributed by atoms with Crippen molar-refractivity contribution in [1.82, 2.24) is 0 Å². The van der Waals surface area contributed by atoms with E-state index < -0.39 is 35.8 Å². The monoisotopic (exact) mass is 394 g/mol. The van der Waals surface area contributed by atoms with Crippen LogP contribution in [0.25, 0.3) is 0 Å². The number of ether oxygens (including phenoxy) is 2. The molecule has 0 aliphatic rings. The maximum Gasteiger partial charge on any atom is 0.573 e. The van der Waals surface area contributed by atoms with Crippen LogP contribution < -0.4 is 9.47 Å². The lowest BCUT2D eigenvalue weighted by atomic mass is 10.0. The van der Waals surface area contributed by atoms with E-state index in [0.29, 0.717) is 0 Å². The fourth-order valence-corrected chi connectivity index (χ4v) is 2.39. The van der Waals surface area contributed by atoms with E-state index in [1.807, 2.05) is 0 Å². The summed E-state index contributed by atoms with van der Waals surface area (Å²) in [6, 6.07) is 8.53. The molecule has 2 aromatic carbocycles. The lowest BCUT2D eigenvalue weighted by molar-refractivity contribution is -0.276. The number of benzene rings is 2. The Bertz CT molecular complexity index is 814. The molecule has 0 aliphatic carbocycles. The fraction of sp³-hybridized carbons (Fsp3) is 0.235. The Morgan fingerprint density at radius 2 is 1.37 bits per heavy atom. The van der Waals surface area contributed by atoms with Gasteiger partial charge in [-0.1, -0.05) is 30.3 Å². The highest BCUT2D eigenvalue weighted by molar-refractivity contribution is 5.91. The molecule has 1 N–H and O–H groups in total. The minimum atomic E-state index is -5.13. The van der Waals surface area contributed by atoms with Crippen LogP contribution in [0.5, 0.6) is 11.5 Å². The molecule has 0 amide bonds. The van der Waals surface area contributed by atoms with Gasteiger partial charge in [0.2, 0.25) is 0 Å². The van der Waals surface area contributed by atoms with Crippen LogP contribution in [0.15, 0.2) is 42.5 Å². The van der Waals surface area contributed by atoms with Crippen LogP contribution in [0, 0.1) is 0 Å². The van der Waals surface area contributed by atoms with Crippen LogP contribution in [0.4, 0.5) is 26.3 Å². The van der Waals surface area contributed by atoms with E-state index in [-0.39, 0.29) is 24.0 Å². The number of rotatable bonds is 6. The van der Waals surface area contributed by atoms with E-state index in [4.69, 9.17) is 5.11 Å². The van der Waals surface area contributed by atoms with Gasteiger partial charge in [-0.05, 0) is 36.1 Å². The molecule has 0 unspecified atom stereocenters. The summed E-state index contributed by atoms with van der Waals surface area (Å²) in [6.07, 6.45) is -10.4. The van der Waals surface area contributed by atoms with Crippen molar-refractivity contribution in [3.63, 3.8) is 0 Å². The molecule has 0 saturated heterocycles. The van der Waals surface area contributed by atoms with E-state index in [1.54, 1.807) is 0 Å². The molecular weight excluding hydrogens is 382 g/mol. The Morgan fingerprint density at radius 1 is 0.815 bits per heavy atom. The largest absolute Gasteiger partial charge is 0.573 e. The highest BCUT2D eigenvalue weighted by Crippen LogP contribution is 2.33. The van der Waals surface area contributed by atoms with Crippen LogP contribution in [0.3, 0.4) is 0 Å². The SMILES string of the molecule is O=C(O)c1cccc(CCc2ccccc2OC(F)(F)F)c1OC(F)(F)F. The molecule has 2 aromatic rings. The normalized spacial score (nSPS) is 11.9. The standard InChI is InChI=1S/C17H12F6O4/c18-16(19,20)26-13-7-2-1-4-10(13)8-9-11-5-3-6-12(15(24)25)14(11)27-17(21,22)23/h1-7H,8-9H2,(H,24,25). The van der Waals surface area contributed by atoms with Crippen LogP contribution in [0.2, 0.25) is 0 Å². The fourth-order valence-electron chi connectivity index (χ4n) is 2.39. The molecule has 0 aromatic heterocycles. The number of alkyl halides is 6. The summed E-state index contributed by atoms with van der Waals surface area (Å²) in [5.74, 6) is -3.01. The summed E-state index contributed by atoms with van der Waals surface area (Å²) in [4.78, 5) is 11.2. The van der Waals surface area contributed by atoms with Crippen molar-refractivity contribution in [2.24, 2.45) is 0 Å². The second kappa shape index (κ2) is 7.77. The zero-order chi connectivity index (χ0) is 20.2. The van der Waals surface area contributed by atoms with Gasteiger partial charge in [0.25, 0.3) is 0 Å². The van der Waals surface area contributed by atoms with Crippen LogP contribution in [-0.2, 0) is 12.8 Å². The number of hydrogen-bond acceptors (Lipinski definition) is 3. The summed E-state index contributed by atoms with van der Waals surface area (Å²) in [5.41, 5.74) is -0.729. The van der Waals surface area contributed by atoms with Crippen LogP contribution >= 0.6 is 0 Å². The van der Waals surface area contributed by atoms with Gasteiger partial charge in [0.15, 0.2) is 0 Å². The molecule has 0 aliphatic heterocycles. The minimum Gasteiger partial charge on any atom is -0.478 e. The second-order valence-corrected chi connectivity index (χ2v) is 5.30. The molecule has 0 heterocycles. The van der Waals surface area contributed by atoms with E-state index >= 15 is 0 Å². The zero-order valence-electron chi connectivity index (χ0n) is 13.4. The zero-order valence-corrected chi connectivity index (χ0v) is 13.4. The predicted molar refractivity (Wildman–Crippen MR) is 80.6 cm³/mol. The van der Waals surface area contributed by atoms with Crippen LogP contribution in [-0.4, -0.2) is 23.8 Å². The number of carbonyl (C=O) groups is 1. The molecule has 27 heavy (non-hydrogen) atoms. The summed E-state index contributed by atoms with van der Waals surface area (Å²) in [5, 5.41) is 9.05. The van der Waals surface area contributed by atoms with Gasteiger partial charge < -0.3 is 14.6 Å². The van der Waals surface area contributed by atoms with Gasteiger partial charge in [-0.2, -0.15) is 0 Å². The quantitative estimate of drug-likeness (QED) is 0.704. The first kappa shape index (κ1) is 20.4. The van der Waals surface area contributed by atoms with Crippen molar-refractivity contribution in [3.8, 4) is 11.5 Å². The maximum absolute atomic E-state index is 12.6. The van der Waals surface area contributed by atoms with Gasteiger partial charge in [0.05, 0.1) is 0 Å². The number of halogens is 6. The molecule has 0 radical (unpaired) electrons. The molecule has 0 bridgehead atoms. The highest BCUT2D eigenvalue weighted by atomic mass is 19.4. The van der Waals surface area contributed by atoms with Crippen molar-refractivity contribution in [3.05, 3.63) is 59.2 Å². The lowest BCUT2D eigenvalue weighted by Crippen LogP contribution is -2.20. The van der Waals surface area contributed by atoms with Gasteiger partial charge in [-0.25, -0.2) is 4.79 Å². The van der Waals surface area contributed by atoms with Crippen molar-refractivity contribution in [2.45, 2.75) is 25.6 Å². The van der Waals surface area contributed by atoms with Crippen molar-refractivity contribution in [1.29, 1.82) is 0 Å². The molecular formula is C17H12F6O4. The molecule has 0 atom stereocenters. The number of para-hydroxylation sites is 2. The number of carboxylic acid groups (broad SMARTS) is 1. The smallest absolute Gasteiger partial charge is 0.478 e. The van der Waals surface area contributed by atoms with Gasteiger partial charge in [-0.3, -0.25) is 0 Å². The van der Waals surface area contributed by atoms with E-state index in [9.17, 15) is 31.1 Å². The molecule has 0 spiro atoms. The first-order valence-corrected chi connectivity index (χ1v) is 7.41. The summed E-state index contributed by atoms with van der Waals surface area (Å²) < 4.78 is 82.9. The third kappa shape index (κ3) is 6.08. The molecule has 10 heteroatoms. The van der Waals surface area contributed by atoms with Gasteiger partial charge in [-0.15, -0.1) is 26.3 Å². The third-order valence-corrected chi connectivity index (χ3v) is 3.41. The topological polar surface area (TPSA) is 55.8 Å². The first-order valence-electron chi connectivity index (χ1n) is 7.41. The Kier molecular flexibility index (Phi) is 5.87. The van der Waals surface area contributed by atoms with Crippen molar-refractivity contribution in [2.75, 3.05) is 0 Å². The Balaban J connectivity index is 2.31. The summed E-state index contributed by atoms with van der Waals surface area (Å²) in [7, 11) is 0. The minimum absolute atomic E-state index is 0.0912. The van der Waals surface area contributed by atoms with E-state index in [2.05, 4.69) is 9.47 Å². The average Bonchev–Trinajstić information content (AvgIpc) is 2.52.